The van der Waals surface area contributed by atoms with Crippen molar-refractivity contribution in [2.24, 2.45) is 0 Å². The van der Waals surface area contributed by atoms with Crippen molar-refractivity contribution in [3.63, 3.8) is 0 Å². The van der Waals surface area contributed by atoms with Crippen LogP contribution in [0.15, 0.2) is 60.9 Å². The minimum absolute atomic E-state index is 0.393. The van der Waals surface area contributed by atoms with Gasteiger partial charge in [-0.2, -0.15) is 0 Å². The van der Waals surface area contributed by atoms with Crippen molar-refractivity contribution in [3.05, 3.63) is 72.1 Å². The number of benzene rings is 2. The second-order valence-corrected chi connectivity index (χ2v) is 6.59. The minimum atomic E-state index is 0.393. The smallest absolute Gasteiger partial charge is 0.119 e. The predicted octanol–water partition coefficient (Wildman–Crippen LogP) is 3.96. The predicted molar refractivity (Wildman–Crippen MR) is 104 cm³/mol. The largest absolute Gasteiger partial charge is 0.497 e. The van der Waals surface area contributed by atoms with Crippen LogP contribution in [0.5, 0.6) is 5.75 Å². The van der Waals surface area contributed by atoms with Gasteiger partial charge in [0.25, 0.3) is 0 Å². The standard InChI is InChI=1S/C21H23N3O/c1-15-12-17-13-18(25-3)8-9-20(17)24(15)22-14-16-10-11-23(2)21-7-5-4-6-19(16)21/h4-11,13-15,22H,12H2,1-3H3. The molecule has 4 rings (SSSR count). The SMILES string of the molecule is COc1ccc2c(c1)CC(C)N2NC=C1C=CN(C)c2ccccc21. The van der Waals surface area contributed by atoms with Crippen molar-refractivity contribution < 1.29 is 4.74 Å². The Morgan fingerprint density at radius 1 is 1.16 bits per heavy atom. The van der Waals surface area contributed by atoms with E-state index in [1.165, 1.54) is 28.1 Å². The molecular weight excluding hydrogens is 310 g/mol. The Bertz CT molecular complexity index is 856. The van der Waals surface area contributed by atoms with Gasteiger partial charge >= 0.3 is 0 Å². The van der Waals surface area contributed by atoms with Crippen LogP contribution in [0.3, 0.4) is 0 Å². The molecule has 0 radical (unpaired) electrons. The van der Waals surface area contributed by atoms with Crippen molar-refractivity contribution >= 4 is 16.9 Å². The van der Waals surface area contributed by atoms with Gasteiger partial charge in [-0.3, -0.25) is 5.01 Å². The lowest BCUT2D eigenvalue weighted by Crippen LogP contribution is -2.39. The molecule has 0 fully saturated rings. The summed E-state index contributed by atoms with van der Waals surface area (Å²) in [4.78, 5) is 2.15. The zero-order valence-corrected chi connectivity index (χ0v) is 14.9. The van der Waals surface area contributed by atoms with Crippen LogP contribution in [0.25, 0.3) is 5.57 Å². The van der Waals surface area contributed by atoms with Gasteiger partial charge in [-0.05, 0) is 49.2 Å². The first-order valence-corrected chi connectivity index (χ1v) is 8.60. The number of fused-ring (bicyclic) bond motifs is 2. The van der Waals surface area contributed by atoms with Gasteiger partial charge in [0.1, 0.15) is 5.75 Å². The molecule has 1 atom stereocenters. The Morgan fingerprint density at radius 2 is 2.00 bits per heavy atom. The molecule has 0 saturated carbocycles. The van der Waals surface area contributed by atoms with Gasteiger partial charge in [-0.25, -0.2) is 0 Å². The molecule has 2 heterocycles. The molecule has 0 amide bonds. The lowest BCUT2D eigenvalue weighted by Gasteiger charge is -2.27. The van der Waals surface area contributed by atoms with E-state index in [0.29, 0.717) is 6.04 Å². The molecule has 0 saturated heterocycles. The summed E-state index contributed by atoms with van der Waals surface area (Å²) in [6.45, 7) is 2.23. The number of hydrazine groups is 1. The van der Waals surface area contributed by atoms with Gasteiger partial charge in [0, 0.05) is 36.3 Å². The number of hydrogen-bond donors (Lipinski definition) is 1. The molecule has 0 aromatic heterocycles. The summed E-state index contributed by atoms with van der Waals surface area (Å²) in [7, 11) is 3.79. The van der Waals surface area contributed by atoms with Crippen molar-refractivity contribution in [1.82, 2.24) is 5.43 Å². The fourth-order valence-electron chi connectivity index (χ4n) is 3.58. The molecule has 0 bridgehead atoms. The van der Waals surface area contributed by atoms with E-state index < -0.39 is 0 Å². The lowest BCUT2D eigenvalue weighted by atomic mass is 10.0. The highest BCUT2D eigenvalue weighted by Crippen LogP contribution is 2.34. The molecule has 2 aliphatic heterocycles. The third kappa shape index (κ3) is 2.74. The Hall–Kier alpha value is -2.88. The van der Waals surface area contributed by atoms with Crippen molar-refractivity contribution in [2.45, 2.75) is 19.4 Å². The van der Waals surface area contributed by atoms with E-state index in [1.807, 2.05) is 6.07 Å². The molecule has 25 heavy (non-hydrogen) atoms. The summed E-state index contributed by atoms with van der Waals surface area (Å²) in [5.74, 6) is 0.915. The van der Waals surface area contributed by atoms with E-state index in [2.05, 4.69) is 84.2 Å². The number of rotatable bonds is 3. The number of nitrogens with zero attached hydrogens (tertiary/aromatic N) is 2. The van der Waals surface area contributed by atoms with Crippen molar-refractivity contribution in [3.8, 4) is 5.75 Å². The number of allylic oxidation sites excluding steroid dienone is 2. The van der Waals surface area contributed by atoms with Gasteiger partial charge in [0.15, 0.2) is 0 Å². The van der Waals surface area contributed by atoms with Crippen LogP contribution in [-0.4, -0.2) is 20.2 Å². The van der Waals surface area contributed by atoms with E-state index in [0.717, 1.165) is 12.2 Å². The summed E-state index contributed by atoms with van der Waals surface area (Å²) in [5, 5.41) is 2.23. The Kier molecular flexibility index (Phi) is 3.88. The number of anilines is 2. The van der Waals surface area contributed by atoms with Gasteiger partial charge < -0.3 is 15.1 Å². The molecule has 2 aliphatic rings. The maximum Gasteiger partial charge on any atom is 0.119 e. The van der Waals surface area contributed by atoms with E-state index in [9.17, 15) is 0 Å². The van der Waals surface area contributed by atoms with E-state index >= 15 is 0 Å². The monoisotopic (exact) mass is 333 g/mol. The number of hydrogen-bond acceptors (Lipinski definition) is 4. The van der Waals surface area contributed by atoms with E-state index in [-0.39, 0.29) is 0 Å². The van der Waals surface area contributed by atoms with Crippen LogP contribution in [0.4, 0.5) is 11.4 Å². The Morgan fingerprint density at radius 3 is 2.84 bits per heavy atom. The van der Waals surface area contributed by atoms with Gasteiger partial charge in [-0.15, -0.1) is 0 Å². The zero-order chi connectivity index (χ0) is 17.4. The van der Waals surface area contributed by atoms with Crippen LogP contribution < -0.4 is 20.1 Å². The topological polar surface area (TPSA) is 27.7 Å². The molecule has 128 valence electrons. The van der Waals surface area contributed by atoms with E-state index in [1.54, 1.807) is 7.11 Å². The number of para-hydroxylation sites is 1. The summed E-state index contributed by atoms with van der Waals surface area (Å²) in [6, 6.07) is 15.1. The lowest BCUT2D eigenvalue weighted by molar-refractivity contribution is 0.414. The molecule has 1 N–H and O–H groups in total. The zero-order valence-electron chi connectivity index (χ0n) is 14.9. The molecule has 4 heteroatoms. The maximum absolute atomic E-state index is 5.35. The van der Waals surface area contributed by atoms with Crippen LogP contribution in [-0.2, 0) is 6.42 Å². The third-order valence-electron chi connectivity index (χ3n) is 4.93. The van der Waals surface area contributed by atoms with Crippen molar-refractivity contribution in [1.29, 1.82) is 0 Å². The first kappa shape index (κ1) is 15.6. The van der Waals surface area contributed by atoms with Crippen LogP contribution in [0.2, 0.25) is 0 Å². The van der Waals surface area contributed by atoms with Crippen LogP contribution in [0, 0.1) is 0 Å². The van der Waals surface area contributed by atoms with Crippen LogP contribution in [0.1, 0.15) is 18.1 Å². The third-order valence-corrected chi connectivity index (χ3v) is 4.93. The molecule has 0 aliphatic carbocycles. The second-order valence-electron chi connectivity index (χ2n) is 6.59. The second kappa shape index (κ2) is 6.20. The summed E-state index contributed by atoms with van der Waals surface area (Å²) in [6.07, 6.45) is 7.35. The van der Waals surface area contributed by atoms with Gasteiger partial charge in [0.05, 0.1) is 18.8 Å². The average molecular weight is 333 g/mol. The summed E-state index contributed by atoms with van der Waals surface area (Å²) >= 11 is 0. The molecule has 1 unspecified atom stereocenters. The number of nitrogens with one attached hydrogen (secondary N) is 1. The normalized spacial score (nSPS) is 19.8. The first-order chi connectivity index (χ1) is 12.2. The number of methoxy groups -OCH3 is 1. The first-order valence-electron chi connectivity index (χ1n) is 8.60. The van der Waals surface area contributed by atoms with Gasteiger partial charge in [-0.1, -0.05) is 18.2 Å². The Labute approximate surface area is 149 Å². The molecule has 2 aromatic carbocycles. The molecule has 2 aromatic rings. The summed E-state index contributed by atoms with van der Waals surface area (Å²) in [5.41, 5.74) is 9.69. The highest BCUT2D eigenvalue weighted by molar-refractivity contribution is 5.86. The average Bonchev–Trinajstić information content (AvgIpc) is 2.95. The fourth-order valence-corrected chi connectivity index (χ4v) is 3.58. The Balaban J connectivity index is 1.62. The molecule has 0 spiro atoms. The van der Waals surface area contributed by atoms with Gasteiger partial charge in [0.2, 0.25) is 0 Å². The summed E-state index contributed by atoms with van der Waals surface area (Å²) < 4.78 is 5.35. The number of ether oxygens (including phenoxy) is 1. The maximum atomic E-state index is 5.35. The fraction of sp³-hybridized carbons (Fsp3) is 0.238. The van der Waals surface area contributed by atoms with E-state index in [4.69, 9.17) is 4.74 Å². The minimum Gasteiger partial charge on any atom is -0.497 e. The highest BCUT2D eigenvalue weighted by Gasteiger charge is 2.26. The molecular formula is C21H23N3O. The van der Waals surface area contributed by atoms with Crippen molar-refractivity contribution in [2.75, 3.05) is 24.1 Å². The molecule has 4 nitrogen and oxygen atoms in total. The highest BCUT2D eigenvalue weighted by atomic mass is 16.5. The quantitative estimate of drug-likeness (QED) is 0.920. The van der Waals surface area contributed by atoms with Crippen LogP contribution >= 0.6 is 0 Å².